The zero-order valence-corrected chi connectivity index (χ0v) is 20.6. The highest BCUT2D eigenvalue weighted by molar-refractivity contribution is 7.90. The molecular weight excluding hydrogens is 502 g/mol. The summed E-state index contributed by atoms with van der Waals surface area (Å²) in [6, 6.07) is 5.33. The van der Waals surface area contributed by atoms with E-state index in [1.807, 2.05) is 0 Å². The lowest BCUT2D eigenvalue weighted by Crippen LogP contribution is -2.45. The van der Waals surface area contributed by atoms with Gasteiger partial charge in [0.25, 0.3) is 15.9 Å². The third kappa shape index (κ3) is 4.32. The van der Waals surface area contributed by atoms with Gasteiger partial charge in [-0.1, -0.05) is 36.3 Å². The number of rotatable bonds is 6. The van der Waals surface area contributed by atoms with Crippen LogP contribution < -0.4 is 10.2 Å². The summed E-state index contributed by atoms with van der Waals surface area (Å²) in [6.07, 6.45) is 5.69. The van der Waals surface area contributed by atoms with Gasteiger partial charge in [0.05, 0.1) is 29.7 Å². The molecule has 10 heteroatoms. The largest absolute Gasteiger partial charge is 0.472 e. The maximum Gasteiger partial charge on any atom is 0.269 e. The van der Waals surface area contributed by atoms with Crippen LogP contribution in [0.5, 0.6) is 0 Å². The van der Waals surface area contributed by atoms with Crippen LogP contribution in [0.4, 0.5) is 5.82 Å². The second-order valence-corrected chi connectivity index (χ2v) is 10.4. The SMILES string of the molecule is [2H]c1c([2H])c([2H])c(C(=O)N([2H])C2CCN(c3ncnc4c3c(-c3ccoc3)cn4S(=O)(=O)c3ccccc3)C([2H])C2)c([2H])c1[2H]. The van der Waals surface area contributed by atoms with Gasteiger partial charge in [0.2, 0.25) is 0 Å². The van der Waals surface area contributed by atoms with Gasteiger partial charge in [0.15, 0.2) is 7.06 Å². The molecule has 0 bridgehead atoms. The number of fused-ring (bicyclic) bond motifs is 1. The summed E-state index contributed by atoms with van der Waals surface area (Å²) in [5.41, 5.74) is 0.508. The van der Waals surface area contributed by atoms with Crippen molar-refractivity contribution < 1.29 is 27.3 Å². The number of nitrogens with one attached hydrogen (secondary N) is 1. The van der Waals surface area contributed by atoms with Crippen LogP contribution in [0.15, 0.2) is 101 Å². The molecule has 1 saturated heterocycles. The van der Waals surface area contributed by atoms with Crippen LogP contribution in [0.3, 0.4) is 0 Å². The Bertz CT molecular complexity index is 2010. The van der Waals surface area contributed by atoms with Crippen LogP contribution in [-0.2, 0) is 10.0 Å². The number of hydrogen-bond donors (Lipinski definition) is 1. The Morgan fingerprint density at radius 3 is 2.68 bits per heavy atom. The Balaban J connectivity index is 1.36. The van der Waals surface area contributed by atoms with E-state index in [9.17, 15) is 13.2 Å². The predicted octanol–water partition coefficient (Wildman–Crippen LogP) is 4.33. The lowest BCUT2D eigenvalue weighted by Gasteiger charge is -2.33. The number of piperidine rings is 1. The van der Waals surface area contributed by atoms with Crippen molar-refractivity contribution in [2.75, 3.05) is 18.0 Å². The number of carbonyl (C=O) groups is 1. The molecule has 3 aromatic heterocycles. The third-order valence-electron chi connectivity index (χ3n) is 6.25. The van der Waals surface area contributed by atoms with E-state index in [1.54, 1.807) is 29.2 Å². The summed E-state index contributed by atoms with van der Waals surface area (Å²) in [5, 5.41) is 0.939. The van der Waals surface area contributed by atoms with Crippen molar-refractivity contribution in [1.82, 2.24) is 19.3 Å². The number of anilines is 1. The van der Waals surface area contributed by atoms with Crippen molar-refractivity contribution >= 4 is 32.8 Å². The highest BCUT2D eigenvalue weighted by Crippen LogP contribution is 2.37. The van der Waals surface area contributed by atoms with Gasteiger partial charge in [-0.05, 0) is 43.1 Å². The van der Waals surface area contributed by atoms with E-state index in [-0.39, 0.29) is 35.7 Å². The Morgan fingerprint density at radius 2 is 1.95 bits per heavy atom. The zero-order chi connectivity index (χ0) is 32.2. The van der Waals surface area contributed by atoms with Gasteiger partial charge >= 0.3 is 0 Å². The van der Waals surface area contributed by atoms with Crippen LogP contribution in [-0.4, -0.2) is 47.4 Å². The third-order valence-corrected chi connectivity index (χ3v) is 7.91. The summed E-state index contributed by atoms with van der Waals surface area (Å²) in [4.78, 5) is 23.7. The van der Waals surface area contributed by atoms with Gasteiger partial charge in [0.1, 0.15) is 12.1 Å². The fraction of sp³-hybridized carbons (Fsp3) is 0.179. The van der Waals surface area contributed by atoms with Crippen LogP contribution >= 0.6 is 0 Å². The van der Waals surface area contributed by atoms with Crippen LogP contribution in [0, 0.1) is 0 Å². The number of carbonyl (C=O) groups excluding carboxylic acids is 1. The molecule has 0 radical (unpaired) electrons. The molecule has 2 aromatic carbocycles. The van der Waals surface area contributed by atoms with E-state index in [1.165, 1.54) is 37.2 Å². The van der Waals surface area contributed by atoms with Crippen molar-refractivity contribution in [1.29, 1.82) is 0 Å². The molecule has 0 spiro atoms. The van der Waals surface area contributed by atoms with Crippen molar-refractivity contribution in [2.24, 2.45) is 0 Å². The molecule has 6 rings (SSSR count). The standard InChI is InChI=1S/C28H25N5O4S/c34-28(20-7-3-1-4-8-20)31-22-11-14-32(15-12-22)26-25-24(21-13-16-37-18-21)17-33(27(25)30-19-29-26)38(35,36)23-9-5-2-6-10-23/h1-10,13,16-19,22H,11-12,14-15H2,(H,31,34)/i1D,3D,4D,7D,8D,14D/hD. The summed E-state index contributed by atoms with van der Waals surface area (Å²) in [5.74, 6) is -0.780. The summed E-state index contributed by atoms with van der Waals surface area (Å²) in [6.45, 7) is -0.913. The molecule has 0 aliphatic carbocycles. The molecule has 192 valence electrons. The molecule has 5 aromatic rings. The minimum atomic E-state index is -4.08. The normalized spacial score (nSPS) is 20.5. The molecule has 2 atom stereocenters. The van der Waals surface area contributed by atoms with Crippen LogP contribution in [0.1, 0.15) is 31.4 Å². The fourth-order valence-corrected chi connectivity index (χ4v) is 5.74. The van der Waals surface area contributed by atoms with E-state index < -0.39 is 64.3 Å². The topological polar surface area (TPSA) is 110 Å². The fourth-order valence-electron chi connectivity index (χ4n) is 4.40. The molecule has 1 fully saturated rings. The van der Waals surface area contributed by atoms with Crippen LogP contribution in [0.2, 0.25) is 1.41 Å². The number of nitrogens with zero attached hydrogens (tertiary/aromatic N) is 4. The first-order valence-electron chi connectivity index (χ1n) is 15.2. The minimum absolute atomic E-state index is 0.0382. The second kappa shape index (κ2) is 9.79. The second-order valence-electron chi connectivity index (χ2n) is 8.55. The van der Waals surface area contributed by atoms with Crippen molar-refractivity contribution in [2.45, 2.75) is 23.8 Å². The summed E-state index contributed by atoms with van der Waals surface area (Å²) in [7, 11) is -4.08. The van der Waals surface area contributed by atoms with Gasteiger partial charge < -0.3 is 14.6 Å². The first-order valence-corrected chi connectivity index (χ1v) is 13.1. The van der Waals surface area contributed by atoms with E-state index >= 15 is 0 Å². The Kier molecular flexibility index (Phi) is 4.42. The molecule has 1 N–H and O–H groups in total. The van der Waals surface area contributed by atoms with Crippen molar-refractivity contribution in [3.63, 3.8) is 0 Å². The van der Waals surface area contributed by atoms with E-state index in [0.717, 1.165) is 3.97 Å². The first kappa shape index (κ1) is 17.1. The quantitative estimate of drug-likeness (QED) is 0.345. The maximum absolute atomic E-state index is 13.7. The first-order chi connectivity index (χ1) is 21.4. The monoisotopic (exact) mass is 534 g/mol. The number of amides is 1. The van der Waals surface area contributed by atoms with Crippen molar-refractivity contribution in [3.05, 3.63) is 97.2 Å². The molecule has 1 aliphatic heterocycles. The highest BCUT2D eigenvalue weighted by Gasteiger charge is 2.29. The number of furan rings is 1. The molecule has 1 aliphatic rings. The molecular formula is C28H25N5O4S. The van der Waals surface area contributed by atoms with E-state index in [2.05, 4.69) is 9.97 Å². The maximum atomic E-state index is 13.7. The number of benzene rings is 2. The number of hydrogen-bond acceptors (Lipinski definition) is 7. The average Bonchev–Trinajstić information content (AvgIpc) is 3.72. The molecule has 1 amide bonds. The lowest BCUT2D eigenvalue weighted by atomic mass is 10.0. The van der Waals surface area contributed by atoms with Gasteiger partial charge in [-0.15, -0.1) is 0 Å². The Labute approximate surface area is 229 Å². The minimum Gasteiger partial charge on any atom is -0.472 e. The Hall–Kier alpha value is -4.44. The summed E-state index contributed by atoms with van der Waals surface area (Å²) < 4.78 is 90.9. The van der Waals surface area contributed by atoms with Gasteiger partial charge in [-0.25, -0.2) is 22.4 Å². The van der Waals surface area contributed by atoms with Gasteiger partial charge in [0, 0.05) is 43.4 Å². The Morgan fingerprint density at radius 1 is 1.13 bits per heavy atom. The van der Waals surface area contributed by atoms with Gasteiger partial charge in [-0.2, -0.15) is 0 Å². The average molecular weight is 535 g/mol. The smallest absolute Gasteiger partial charge is 0.269 e. The molecule has 9 nitrogen and oxygen atoms in total. The van der Waals surface area contributed by atoms with Crippen molar-refractivity contribution in [3.8, 4) is 11.1 Å². The van der Waals surface area contributed by atoms with E-state index in [0.29, 0.717) is 21.8 Å². The molecule has 4 heterocycles. The van der Waals surface area contributed by atoms with E-state index in [4.69, 9.17) is 14.1 Å². The summed E-state index contributed by atoms with van der Waals surface area (Å²) >= 11 is 0. The highest BCUT2D eigenvalue weighted by atomic mass is 32.2. The van der Waals surface area contributed by atoms with Crippen LogP contribution in [0.25, 0.3) is 22.2 Å². The molecule has 0 saturated carbocycles. The predicted molar refractivity (Wildman–Crippen MR) is 143 cm³/mol. The molecule has 2 unspecified atom stereocenters. The molecule has 38 heavy (non-hydrogen) atoms. The lowest BCUT2D eigenvalue weighted by molar-refractivity contribution is 0.0931. The van der Waals surface area contributed by atoms with Gasteiger partial charge in [-0.3, -0.25) is 4.79 Å². The number of aromatic nitrogens is 3. The zero-order valence-electron chi connectivity index (χ0n) is 26.8.